The average Bonchev–Trinajstić information content (AvgIpc) is 2.24. The van der Waals surface area contributed by atoms with E-state index in [-0.39, 0.29) is 5.69 Å². The van der Waals surface area contributed by atoms with Crippen molar-refractivity contribution in [2.45, 2.75) is 39.3 Å². The third-order valence-electron chi connectivity index (χ3n) is 2.25. The fourth-order valence-electron chi connectivity index (χ4n) is 1.50. The van der Waals surface area contributed by atoms with Gasteiger partial charge < -0.3 is 14.8 Å². The van der Waals surface area contributed by atoms with E-state index in [4.69, 9.17) is 4.74 Å². The summed E-state index contributed by atoms with van der Waals surface area (Å²) in [5.41, 5.74) is -1.35. The second kappa shape index (κ2) is 5.98. The lowest BCUT2D eigenvalue weighted by Crippen LogP contribution is -2.26. The van der Waals surface area contributed by atoms with Gasteiger partial charge in [0.05, 0.1) is 11.7 Å². The Morgan fingerprint density at radius 1 is 1.35 bits per heavy atom. The van der Waals surface area contributed by atoms with Crippen LogP contribution in [0, 0.1) is 11.6 Å². The van der Waals surface area contributed by atoms with Crippen LogP contribution in [0.4, 0.5) is 14.5 Å². The van der Waals surface area contributed by atoms with Gasteiger partial charge in [-0.3, -0.25) is 0 Å². The predicted molar refractivity (Wildman–Crippen MR) is 70.7 cm³/mol. The van der Waals surface area contributed by atoms with Crippen LogP contribution in [-0.4, -0.2) is 23.9 Å². The maximum absolute atomic E-state index is 13.8. The first-order valence-corrected chi connectivity index (χ1v) is 6.08. The lowest BCUT2D eigenvalue weighted by molar-refractivity contribution is -0.108. The minimum Gasteiger partial charge on any atom is -0.456 e. The van der Waals surface area contributed by atoms with Gasteiger partial charge in [0, 0.05) is 6.07 Å². The van der Waals surface area contributed by atoms with Crippen molar-refractivity contribution in [3.63, 3.8) is 0 Å². The second-order valence-electron chi connectivity index (χ2n) is 5.38. The van der Waals surface area contributed by atoms with Gasteiger partial charge in [-0.25, -0.2) is 13.6 Å². The van der Waals surface area contributed by atoms with Crippen molar-refractivity contribution >= 4 is 17.9 Å². The van der Waals surface area contributed by atoms with Gasteiger partial charge in [0.25, 0.3) is 0 Å². The molecular weight excluding hydrogens is 268 g/mol. The van der Waals surface area contributed by atoms with Crippen molar-refractivity contribution in [1.82, 2.24) is 0 Å². The normalized spacial score (nSPS) is 12.7. The van der Waals surface area contributed by atoms with Crippen LogP contribution in [0.3, 0.4) is 0 Å². The summed E-state index contributed by atoms with van der Waals surface area (Å²) >= 11 is 0. The molecule has 1 aromatic rings. The summed E-state index contributed by atoms with van der Waals surface area (Å²) in [6, 6.07) is 0.843. The second-order valence-corrected chi connectivity index (χ2v) is 5.38. The summed E-state index contributed by atoms with van der Waals surface area (Å²) in [5, 5.41) is 2.56. The Balaban J connectivity index is 3.22. The number of carbonyl (C=O) groups excluding carboxylic acids is 2. The van der Waals surface area contributed by atoms with Gasteiger partial charge in [0.2, 0.25) is 0 Å². The zero-order valence-corrected chi connectivity index (χ0v) is 11.8. The molecule has 0 saturated carbocycles. The van der Waals surface area contributed by atoms with E-state index in [9.17, 15) is 18.4 Å². The number of carbonyl (C=O) groups is 2. The molecule has 0 spiro atoms. The van der Waals surface area contributed by atoms with Crippen molar-refractivity contribution in [2.24, 2.45) is 0 Å². The van der Waals surface area contributed by atoms with E-state index in [0.29, 0.717) is 12.4 Å². The Hall–Kier alpha value is -1.98. The van der Waals surface area contributed by atoms with Gasteiger partial charge in [-0.15, -0.1) is 0 Å². The molecule has 0 bridgehead atoms. The lowest BCUT2D eigenvalue weighted by Gasteiger charge is -2.21. The van der Waals surface area contributed by atoms with E-state index >= 15 is 0 Å². The van der Waals surface area contributed by atoms with E-state index in [1.54, 1.807) is 20.8 Å². The highest BCUT2D eigenvalue weighted by Gasteiger charge is 2.25. The minimum atomic E-state index is -1.04. The zero-order chi connectivity index (χ0) is 15.5. The number of rotatable bonds is 4. The molecule has 0 heterocycles. The van der Waals surface area contributed by atoms with Gasteiger partial charge in [0.15, 0.2) is 0 Å². The summed E-state index contributed by atoms with van der Waals surface area (Å²) in [7, 11) is 0. The van der Waals surface area contributed by atoms with Crippen molar-refractivity contribution in [3.05, 3.63) is 29.3 Å². The molecule has 0 aliphatic carbocycles. The third-order valence-corrected chi connectivity index (χ3v) is 2.25. The van der Waals surface area contributed by atoms with E-state index in [1.165, 1.54) is 6.92 Å². The number of ether oxygens (including phenoxy) is 1. The van der Waals surface area contributed by atoms with Gasteiger partial charge in [0.1, 0.15) is 29.1 Å². The maximum Gasteiger partial charge on any atom is 0.343 e. The van der Waals surface area contributed by atoms with Crippen LogP contribution in [0.1, 0.15) is 38.1 Å². The molecule has 20 heavy (non-hydrogen) atoms. The van der Waals surface area contributed by atoms with Gasteiger partial charge in [-0.2, -0.15) is 0 Å². The Morgan fingerprint density at radius 2 is 1.95 bits per heavy atom. The first-order valence-electron chi connectivity index (χ1n) is 6.08. The van der Waals surface area contributed by atoms with Crippen molar-refractivity contribution in [2.75, 3.05) is 5.32 Å². The molecule has 0 aliphatic rings. The highest BCUT2D eigenvalue weighted by atomic mass is 19.1. The molecule has 0 unspecified atom stereocenters. The summed E-state index contributed by atoms with van der Waals surface area (Å²) in [4.78, 5) is 22.6. The highest BCUT2D eigenvalue weighted by molar-refractivity contribution is 5.96. The first-order chi connectivity index (χ1) is 9.14. The molecule has 0 radical (unpaired) electrons. The van der Waals surface area contributed by atoms with Crippen LogP contribution in [0.5, 0.6) is 0 Å². The van der Waals surface area contributed by atoms with E-state index in [1.807, 2.05) is 0 Å². The van der Waals surface area contributed by atoms with Gasteiger partial charge in [-0.1, -0.05) is 0 Å². The molecule has 1 atom stereocenters. The molecule has 1 rings (SSSR count). The number of nitrogens with one attached hydrogen (secondary N) is 1. The SMILES string of the molecule is C[C@@H](C=O)Nc1cc(F)cc(F)c1C(=O)OC(C)(C)C. The van der Waals surface area contributed by atoms with Crippen molar-refractivity contribution < 1.29 is 23.1 Å². The molecule has 0 aliphatic heterocycles. The highest BCUT2D eigenvalue weighted by Crippen LogP contribution is 2.24. The van der Waals surface area contributed by atoms with Gasteiger partial charge in [-0.05, 0) is 33.8 Å². The first kappa shape index (κ1) is 16.1. The molecule has 1 N–H and O–H groups in total. The summed E-state index contributed by atoms with van der Waals surface area (Å²) < 4.78 is 32.1. The van der Waals surface area contributed by atoms with E-state index in [0.717, 1.165) is 6.07 Å². The molecule has 0 fully saturated rings. The van der Waals surface area contributed by atoms with E-state index < -0.39 is 34.8 Å². The molecule has 110 valence electrons. The van der Waals surface area contributed by atoms with Gasteiger partial charge >= 0.3 is 5.97 Å². The molecule has 4 nitrogen and oxygen atoms in total. The molecule has 1 aromatic carbocycles. The Kier molecular flexibility index (Phi) is 4.81. The number of esters is 1. The number of anilines is 1. The standard InChI is InChI=1S/C14H17F2NO3/c1-8(7-18)17-11-6-9(15)5-10(16)12(11)13(19)20-14(2,3)4/h5-8,17H,1-4H3/t8-/m0/s1. The number of hydrogen-bond donors (Lipinski definition) is 1. The molecule has 0 amide bonds. The zero-order valence-electron chi connectivity index (χ0n) is 11.8. The minimum absolute atomic E-state index is 0.114. The van der Waals surface area contributed by atoms with Crippen molar-refractivity contribution in [1.29, 1.82) is 0 Å². The summed E-state index contributed by atoms with van der Waals surface area (Å²) in [6.07, 6.45) is 0.557. The topological polar surface area (TPSA) is 55.4 Å². The molecule has 0 saturated heterocycles. The number of hydrogen-bond acceptors (Lipinski definition) is 4. The predicted octanol–water partition coefficient (Wildman–Crippen LogP) is 2.92. The number of benzene rings is 1. The quantitative estimate of drug-likeness (QED) is 0.682. The van der Waals surface area contributed by atoms with Crippen LogP contribution in [0.25, 0.3) is 0 Å². The number of aldehydes is 1. The van der Waals surface area contributed by atoms with Crippen LogP contribution in [0.2, 0.25) is 0 Å². The largest absolute Gasteiger partial charge is 0.456 e. The molecule has 0 aromatic heterocycles. The Morgan fingerprint density at radius 3 is 2.45 bits per heavy atom. The fraction of sp³-hybridized carbons (Fsp3) is 0.429. The Bertz CT molecular complexity index is 524. The molecule has 6 heteroatoms. The van der Waals surface area contributed by atoms with Crippen LogP contribution >= 0.6 is 0 Å². The molecular formula is C14H17F2NO3. The van der Waals surface area contributed by atoms with Crippen LogP contribution < -0.4 is 5.32 Å². The summed E-state index contributed by atoms with van der Waals surface area (Å²) in [6.45, 7) is 6.39. The summed E-state index contributed by atoms with van der Waals surface area (Å²) in [5.74, 6) is -2.81. The Labute approximate surface area is 116 Å². The smallest absolute Gasteiger partial charge is 0.343 e. The third kappa shape index (κ3) is 4.29. The van der Waals surface area contributed by atoms with Crippen molar-refractivity contribution in [3.8, 4) is 0 Å². The fourth-order valence-corrected chi connectivity index (χ4v) is 1.50. The lowest BCUT2D eigenvalue weighted by atomic mass is 10.1. The average molecular weight is 285 g/mol. The maximum atomic E-state index is 13.8. The van der Waals surface area contributed by atoms with Crippen LogP contribution in [-0.2, 0) is 9.53 Å². The monoisotopic (exact) mass is 285 g/mol. The van der Waals surface area contributed by atoms with Crippen LogP contribution in [0.15, 0.2) is 12.1 Å². The number of halogens is 2. The van der Waals surface area contributed by atoms with E-state index in [2.05, 4.69) is 5.32 Å².